The molecule has 1 saturated heterocycles. The van der Waals surface area contributed by atoms with Gasteiger partial charge in [0.1, 0.15) is 23.4 Å². The Morgan fingerprint density at radius 2 is 1.92 bits per heavy atom. The number of carbonyl (C=O) groups excluding carboxylic acids is 2. The largest absolute Gasteiger partial charge is 0.507 e. The molecule has 1 N–H and O–H groups in total. The number of benzene rings is 3. The van der Waals surface area contributed by atoms with Crippen molar-refractivity contribution in [3.05, 3.63) is 88.5 Å². The minimum atomic E-state index is -0.852. The van der Waals surface area contributed by atoms with Crippen LogP contribution in [0.3, 0.4) is 0 Å². The number of ether oxygens (including phenoxy) is 2. The van der Waals surface area contributed by atoms with E-state index >= 15 is 0 Å². The quantitative estimate of drug-likeness (QED) is 0.174. The molecule has 0 radical (unpaired) electrons. The lowest BCUT2D eigenvalue weighted by molar-refractivity contribution is -0.132. The fourth-order valence-corrected chi connectivity index (χ4v) is 6.25. The van der Waals surface area contributed by atoms with Crippen LogP contribution < -0.4 is 14.4 Å². The van der Waals surface area contributed by atoms with Crippen LogP contribution in [0, 0.1) is 6.92 Å². The van der Waals surface area contributed by atoms with Crippen LogP contribution in [-0.4, -0.2) is 34.5 Å². The maximum absolute atomic E-state index is 13.6. The first-order valence-electron chi connectivity index (χ1n) is 13.0. The summed E-state index contributed by atoms with van der Waals surface area (Å²) in [6.45, 7) is 6.60. The molecule has 0 spiro atoms. The molecule has 1 aromatic heterocycles. The van der Waals surface area contributed by atoms with Gasteiger partial charge in [-0.3, -0.25) is 14.5 Å². The fourth-order valence-electron chi connectivity index (χ4n) is 5.16. The molecule has 3 heterocycles. The van der Waals surface area contributed by atoms with E-state index in [-0.39, 0.29) is 17.4 Å². The van der Waals surface area contributed by atoms with E-state index in [9.17, 15) is 14.7 Å². The Bertz CT molecular complexity index is 1640. The van der Waals surface area contributed by atoms with Crippen LogP contribution in [0.4, 0.5) is 5.13 Å². The minimum absolute atomic E-state index is 0.0320. The first kappa shape index (κ1) is 25.1. The second kappa shape index (κ2) is 9.85. The second-order valence-electron chi connectivity index (χ2n) is 10.0. The van der Waals surface area contributed by atoms with E-state index in [4.69, 9.17) is 14.5 Å². The molecule has 0 saturated carbocycles. The molecule has 2 atom stereocenters. The molecule has 2 aliphatic rings. The number of amides is 1. The van der Waals surface area contributed by atoms with E-state index in [1.54, 1.807) is 12.1 Å². The number of aromatic nitrogens is 1. The van der Waals surface area contributed by atoms with Gasteiger partial charge in [0.25, 0.3) is 5.78 Å². The van der Waals surface area contributed by atoms with Crippen molar-refractivity contribution in [2.75, 3.05) is 11.5 Å². The Hall–Kier alpha value is -4.17. The summed E-state index contributed by atoms with van der Waals surface area (Å²) in [6.07, 6.45) is 1.63. The van der Waals surface area contributed by atoms with Crippen molar-refractivity contribution < 1.29 is 24.2 Å². The van der Waals surface area contributed by atoms with Gasteiger partial charge in [-0.1, -0.05) is 36.5 Å². The summed E-state index contributed by atoms with van der Waals surface area (Å²) >= 11 is 1.35. The molecular formula is C31H28N2O5S. The second-order valence-corrected chi connectivity index (χ2v) is 11.0. The normalized spacial score (nSPS) is 19.9. The van der Waals surface area contributed by atoms with E-state index in [0.717, 1.165) is 33.5 Å². The highest BCUT2D eigenvalue weighted by molar-refractivity contribution is 7.22. The van der Waals surface area contributed by atoms with Crippen LogP contribution in [0.25, 0.3) is 16.0 Å². The van der Waals surface area contributed by atoms with Gasteiger partial charge in [-0.15, -0.1) is 0 Å². The predicted molar refractivity (Wildman–Crippen MR) is 152 cm³/mol. The van der Waals surface area contributed by atoms with E-state index in [1.165, 1.54) is 16.2 Å². The number of aliphatic hydroxyl groups excluding tert-OH is 1. The Labute approximate surface area is 230 Å². The average Bonchev–Trinajstić information content (AvgIpc) is 3.59. The van der Waals surface area contributed by atoms with Gasteiger partial charge in [0.05, 0.1) is 28.4 Å². The zero-order valence-corrected chi connectivity index (χ0v) is 22.7. The number of anilines is 1. The highest BCUT2D eigenvalue weighted by Gasteiger charge is 2.48. The van der Waals surface area contributed by atoms with Crippen LogP contribution in [-0.2, 0) is 16.0 Å². The van der Waals surface area contributed by atoms with Gasteiger partial charge < -0.3 is 14.6 Å². The summed E-state index contributed by atoms with van der Waals surface area (Å²) in [6, 6.07) is 17.7. The van der Waals surface area contributed by atoms with Gasteiger partial charge in [0.15, 0.2) is 5.13 Å². The number of hydrogen-bond donors (Lipinski definition) is 1. The number of aliphatic hydroxyl groups is 1. The third-order valence-electron chi connectivity index (χ3n) is 7.02. The van der Waals surface area contributed by atoms with Crippen molar-refractivity contribution in [1.29, 1.82) is 0 Å². The van der Waals surface area contributed by atoms with E-state index in [1.807, 2.05) is 69.3 Å². The lowest BCUT2D eigenvalue weighted by atomic mass is 9.94. The standard InChI is InChI=1S/C31H28N2O5S/c1-4-13-37-22-9-6-19(7-10-22)27-26(28(34)20-8-12-24-21(16-20)15-18(3)38-24)29(35)30(36)33(27)31-32-23-11-5-17(2)14-25(23)39-31/h5-12,14,16,18,27,34H,4,13,15H2,1-3H3/b28-26+/t18-,27-/m0/s1. The molecule has 4 aromatic rings. The highest BCUT2D eigenvalue weighted by Crippen LogP contribution is 2.45. The lowest BCUT2D eigenvalue weighted by Crippen LogP contribution is -2.29. The third-order valence-corrected chi connectivity index (χ3v) is 8.04. The topological polar surface area (TPSA) is 89.0 Å². The van der Waals surface area contributed by atoms with Crippen molar-refractivity contribution in [3.63, 3.8) is 0 Å². The molecule has 39 heavy (non-hydrogen) atoms. The van der Waals surface area contributed by atoms with Crippen molar-refractivity contribution in [3.8, 4) is 11.5 Å². The summed E-state index contributed by atoms with van der Waals surface area (Å²) in [5, 5.41) is 12.0. The molecule has 2 aliphatic heterocycles. The molecule has 0 bridgehead atoms. The monoisotopic (exact) mass is 540 g/mol. The Balaban J connectivity index is 1.49. The van der Waals surface area contributed by atoms with E-state index in [0.29, 0.717) is 35.0 Å². The summed E-state index contributed by atoms with van der Waals surface area (Å²) < 4.78 is 12.5. The number of fused-ring (bicyclic) bond motifs is 2. The van der Waals surface area contributed by atoms with Gasteiger partial charge >= 0.3 is 5.91 Å². The molecule has 198 valence electrons. The van der Waals surface area contributed by atoms with Crippen molar-refractivity contribution in [2.45, 2.75) is 45.8 Å². The summed E-state index contributed by atoms with van der Waals surface area (Å²) in [7, 11) is 0. The zero-order valence-electron chi connectivity index (χ0n) is 21.9. The van der Waals surface area contributed by atoms with Crippen molar-refractivity contribution >= 4 is 44.1 Å². The van der Waals surface area contributed by atoms with Crippen LogP contribution in [0.2, 0.25) is 0 Å². The van der Waals surface area contributed by atoms with Crippen LogP contribution in [0.1, 0.15) is 48.6 Å². The van der Waals surface area contributed by atoms with Crippen LogP contribution in [0.15, 0.2) is 66.2 Å². The smallest absolute Gasteiger partial charge is 0.301 e. The third kappa shape index (κ3) is 4.44. The van der Waals surface area contributed by atoms with Crippen molar-refractivity contribution in [2.24, 2.45) is 0 Å². The Morgan fingerprint density at radius 1 is 1.13 bits per heavy atom. The van der Waals surface area contributed by atoms with Gasteiger partial charge in [0, 0.05) is 12.0 Å². The summed E-state index contributed by atoms with van der Waals surface area (Å²) in [4.78, 5) is 33.3. The first-order valence-corrected chi connectivity index (χ1v) is 13.9. The predicted octanol–water partition coefficient (Wildman–Crippen LogP) is 6.34. The number of carbonyl (C=O) groups is 2. The van der Waals surface area contributed by atoms with Gasteiger partial charge in [-0.2, -0.15) is 0 Å². The SMILES string of the molecule is CCCOc1ccc([C@H]2/C(=C(\O)c3ccc4c(c3)C[C@H](C)O4)C(=O)C(=O)N2c2nc3ccc(C)cc3s2)cc1. The lowest BCUT2D eigenvalue weighted by Gasteiger charge is -2.23. The maximum atomic E-state index is 13.6. The average molecular weight is 541 g/mol. The minimum Gasteiger partial charge on any atom is -0.507 e. The number of aryl methyl sites for hydroxylation is 1. The Kier molecular flexibility index (Phi) is 6.35. The van der Waals surface area contributed by atoms with E-state index < -0.39 is 17.7 Å². The highest BCUT2D eigenvalue weighted by atomic mass is 32.1. The first-order chi connectivity index (χ1) is 18.8. The van der Waals surface area contributed by atoms with Crippen LogP contribution >= 0.6 is 11.3 Å². The van der Waals surface area contributed by atoms with Gasteiger partial charge in [-0.05, 0) is 79.4 Å². The number of nitrogens with zero attached hydrogens (tertiary/aromatic N) is 2. The maximum Gasteiger partial charge on any atom is 0.301 e. The molecule has 0 unspecified atom stereocenters. The molecule has 3 aromatic carbocycles. The zero-order chi connectivity index (χ0) is 27.3. The molecular weight excluding hydrogens is 512 g/mol. The van der Waals surface area contributed by atoms with Crippen molar-refractivity contribution in [1.82, 2.24) is 4.98 Å². The van der Waals surface area contributed by atoms with Gasteiger partial charge in [-0.25, -0.2) is 4.98 Å². The van der Waals surface area contributed by atoms with Crippen LogP contribution in [0.5, 0.6) is 11.5 Å². The number of ketones is 1. The summed E-state index contributed by atoms with van der Waals surface area (Å²) in [5.74, 6) is -0.221. The number of hydrogen-bond acceptors (Lipinski definition) is 7. The molecule has 8 heteroatoms. The molecule has 1 fully saturated rings. The molecule has 1 amide bonds. The number of Topliss-reactive ketones (excluding diaryl/α,β-unsaturated/α-hetero) is 1. The molecule has 7 nitrogen and oxygen atoms in total. The van der Waals surface area contributed by atoms with E-state index in [2.05, 4.69) is 0 Å². The fraction of sp³-hybridized carbons (Fsp3) is 0.258. The number of rotatable bonds is 6. The number of thiazole rings is 1. The Morgan fingerprint density at radius 3 is 2.69 bits per heavy atom. The molecule has 6 rings (SSSR count). The molecule has 0 aliphatic carbocycles. The van der Waals surface area contributed by atoms with Gasteiger partial charge in [0.2, 0.25) is 0 Å². The summed E-state index contributed by atoms with van der Waals surface area (Å²) in [5.41, 5.74) is 3.96.